The number of nitrogens with zero attached hydrogens (tertiary/aromatic N) is 2. The summed E-state index contributed by atoms with van der Waals surface area (Å²) in [5.41, 5.74) is 0.417. The van der Waals surface area contributed by atoms with Crippen molar-refractivity contribution in [3.8, 4) is 5.75 Å². The molecular formula is C12H9IN2O3. The largest absolute Gasteiger partial charge is 0.486 e. The van der Waals surface area contributed by atoms with Crippen LogP contribution in [-0.2, 0) is 6.61 Å². The zero-order chi connectivity index (χ0) is 13.0. The second kappa shape index (κ2) is 5.76. The van der Waals surface area contributed by atoms with Gasteiger partial charge in [-0.05, 0) is 34.7 Å². The average molecular weight is 356 g/mol. The minimum atomic E-state index is -1.06. The molecule has 92 valence electrons. The van der Waals surface area contributed by atoms with Gasteiger partial charge in [-0.25, -0.2) is 14.8 Å². The van der Waals surface area contributed by atoms with Crippen molar-refractivity contribution >= 4 is 28.6 Å². The van der Waals surface area contributed by atoms with E-state index >= 15 is 0 Å². The van der Waals surface area contributed by atoms with E-state index in [9.17, 15) is 4.79 Å². The summed E-state index contributed by atoms with van der Waals surface area (Å²) >= 11 is 2.15. The third-order valence-corrected chi connectivity index (χ3v) is 3.12. The Labute approximate surface area is 117 Å². The van der Waals surface area contributed by atoms with Crippen LogP contribution in [0.3, 0.4) is 0 Å². The van der Waals surface area contributed by atoms with E-state index < -0.39 is 5.97 Å². The predicted molar refractivity (Wildman–Crippen MR) is 72.5 cm³/mol. The summed E-state index contributed by atoms with van der Waals surface area (Å²) in [7, 11) is 0. The Hall–Kier alpha value is -1.70. The fourth-order valence-corrected chi connectivity index (χ4v) is 1.90. The molecule has 18 heavy (non-hydrogen) atoms. The zero-order valence-electron chi connectivity index (χ0n) is 9.21. The summed E-state index contributed by atoms with van der Waals surface area (Å²) in [6.07, 6.45) is 2.57. The van der Waals surface area contributed by atoms with Crippen LogP contribution >= 0.6 is 22.6 Å². The van der Waals surface area contributed by atoms with Crippen molar-refractivity contribution in [2.75, 3.05) is 0 Å². The van der Waals surface area contributed by atoms with E-state index in [1.165, 1.54) is 12.5 Å². The third kappa shape index (κ3) is 2.95. The molecule has 5 nitrogen and oxygen atoms in total. The first-order chi connectivity index (χ1) is 8.68. The molecule has 0 saturated heterocycles. The maximum Gasteiger partial charge on any atom is 0.339 e. The van der Waals surface area contributed by atoms with Gasteiger partial charge in [-0.15, -0.1) is 0 Å². The molecule has 2 rings (SSSR count). The van der Waals surface area contributed by atoms with Gasteiger partial charge in [0, 0.05) is 6.20 Å². The van der Waals surface area contributed by atoms with Gasteiger partial charge in [-0.3, -0.25) is 0 Å². The molecule has 1 aromatic carbocycles. The fraction of sp³-hybridized carbons (Fsp3) is 0.0833. The van der Waals surface area contributed by atoms with Crippen LogP contribution in [0.4, 0.5) is 0 Å². The maximum atomic E-state index is 11.0. The van der Waals surface area contributed by atoms with Crippen LogP contribution in [-0.4, -0.2) is 21.0 Å². The molecule has 6 heteroatoms. The molecule has 0 aliphatic rings. The highest BCUT2D eigenvalue weighted by molar-refractivity contribution is 14.1. The molecule has 1 heterocycles. The smallest absolute Gasteiger partial charge is 0.339 e. The first kappa shape index (κ1) is 12.7. The van der Waals surface area contributed by atoms with Crippen molar-refractivity contribution in [2.45, 2.75) is 6.61 Å². The number of carboxylic acids is 1. The van der Waals surface area contributed by atoms with Crippen molar-refractivity contribution in [3.05, 3.63) is 51.6 Å². The fourth-order valence-electron chi connectivity index (χ4n) is 1.36. The normalized spacial score (nSPS) is 10.1. The van der Waals surface area contributed by atoms with Gasteiger partial charge >= 0.3 is 5.97 Å². The third-order valence-electron chi connectivity index (χ3n) is 2.23. The van der Waals surface area contributed by atoms with Gasteiger partial charge in [-0.1, -0.05) is 12.1 Å². The number of ether oxygens (including phenoxy) is 1. The number of rotatable bonds is 4. The van der Waals surface area contributed by atoms with Gasteiger partial charge in [0.2, 0.25) is 0 Å². The van der Waals surface area contributed by atoms with Gasteiger partial charge in [0.05, 0.1) is 9.26 Å². The standard InChI is InChI=1S/C12H9IN2O3/c13-9-3-1-2-4-11(9)18-6-10-8(12(16)17)5-14-7-15-10/h1-5,7H,6H2,(H,16,17). The molecule has 0 unspecified atom stereocenters. The molecule has 0 radical (unpaired) electrons. The number of hydrogen-bond donors (Lipinski definition) is 1. The Morgan fingerprint density at radius 3 is 2.89 bits per heavy atom. The Morgan fingerprint density at radius 1 is 1.39 bits per heavy atom. The summed E-state index contributed by atoms with van der Waals surface area (Å²) in [6.45, 7) is 0.101. The molecule has 0 aliphatic heterocycles. The van der Waals surface area contributed by atoms with Crippen LogP contribution in [0.5, 0.6) is 5.75 Å². The van der Waals surface area contributed by atoms with Crippen molar-refractivity contribution in [1.82, 2.24) is 9.97 Å². The Bertz CT molecular complexity index is 575. The van der Waals surface area contributed by atoms with Gasteiger partial charge in [0.1, 0.15) is 24.2 Å². The van der Waals surface area contributed by atoms with E-state index in [0.717, 1.165) is 3.57 Å². The minimum absolute atomic E-state index is 0.0587. The lowest BCUT2D eigenvalue weighted by Gasteiger charge is -2.08. The SMILES string of the molecule is O=C(O)c1cncnc1COc1ccccc1I. The number of hydrogen-bond acceptors (Lipinski definition) is 4. The Balaban J connectivity index is 2.16. The minimum Gasteiger partial charge on any atom is -0.486 e. The predicted octanol–water partition coefficient (Wildman–Crippen LogP) is 2.36. The van der Waals surface area contributed by atoms with Crippen LogP contribution in [0, 0.1) is 3.57 Å². The van der Waals surface area contributed by atoms with Crippen LogP contribution in [0.1, 0.15) is 16.1 Å². The summed E-state index contributed by atoms with van der Waals surface area (Å²) < 4.78 is 6.51. The van der Waals surface area contributed by atoms with Gasteiger partial charge in [-0.2, -0.15) is 0 Å². The maximum absolute atomic E-state index is 11.0. The number of halogens is 1. The zero-order valence-corrected chi connectivity index (χ0v) is 11.4. The molecule has 0 saturated carbocycles. The van der Waals surface area contributed by atoms with Crippen LogP contribution < -0.4 is 4.74 Å². The lowest BCUT2D eigenvalue weighted by molar-refractivity contribution is 0.0692. The van der Waals surface area contributed by atoms with E-state index in [1.54, 1.807) is 0 Å². The van der Waals surface area contributed by atoms with E-state index in [1.807, 2.05) is 24.3 Å². The van der Waals surface area contributed by atoms with E-state index in [4.69, 9.17) is 9.84 Å². The highest BCUT2D eigenvalue weighted by Crippen LogP contribution is 2.20. The molecule has 0 spiro atoms. The van der Waals surface area contributed by atoms with Crippen LogP contribution in [0.2, 0.25) is 0 Å². The molecule has 0 aliphatic carbocycles. The van der Waals surface area contributed by atoms with Crippen molar-refractivity contribution in [2.24, 2.45) is 0 Å². The van der Waals surface area contributed by atoms with Crippen molar-refractivity contribution in [1.29, 1.82) is 0 Å². The first-order valence-corrected chi connectivity index (χ1v) is 6.16. The molecule has 2 aromatic rings. The second-order valence-corrected chi connectivity index (χ2v) is 4.57. The Kier molecular flexibility index (Phi) is 4.08. The summed E-state index contributed by atoms with van der Waals surface area (Å²) in [4.78, 5) is 18.6. The molecule has 0 atom stereocenters. The molecule has 0 amide bonds. The molecule has 1 N–H and O–H groups in total. The summed E-state index contributed by atoms with van der Waals surface area (Å²) in [5, 5.41) is 8.98. The van der Waals surface area contributed by atoms with E-state index in [2.05, 4.69) is 32.6 Å². The molecule has 1 aromatic heterocycles. The van der Waals surface area contributed by atoms with Crippen molar-refractivity contribution in [3.63, 3.8) is 0 Å². The number of aromatic nitrogens is 2. The second-order valence-electron chi connectivity index (χ2n) is 3.41. The quantitative estimate of drug-likeness (QED) is 0.852. The van der Waals surface area contributed by atoms with Gasteiger partial charge in [0.15, 0.2) is 0 Å². The van der Waals surface area contributed by atoms with Crippen molar-refractivity contribution < 1.29 is 14.6 Å². The number of para-hydroxylation sites is 1. The first-order valence-electron chi connectivity index (χ1n) is 5.08. The van der Waals surface area contributed by atoms with Crippen LogP contribution in [0.15, 0.2) is 36.8 Å². The van der Waals surface area contributed by atoms with Gasteiger partial charge in [0.25, 0.3) is 0 Å². The van der Waals surface area contributed by atoms with Gasteiger partial charge < -0.3 is 9.84 Å². The van der Waals surface area contributed by atoms with Crippen LogP contribution in [0.25, 0.3) is 0 Å². The molecular weight excluding hydrogens is 347 g/mol. The average Bonchev–Trinajstić information content (AvgIpc) is 2.38. The van der Waals surface area contributed by atoms with E-state index in [-0.39, 0.29) is 12.2 Å². The summed E-state index contributed by atoms with van der Waals surface area (Å²) in [6, 6.07) is 7.49. The lowest BCUT2D eigenvalue weighted by atomic mass is 10.2. The highest BCUT2D eigenvalue weighted by Gasteiger charge is 2.12. The van der Waals surface area contributed by atoms with E-state index in [0.29, 0.717) is 11.4 Å². The topological polar surface area (TPSA) is 72.3 Å². The highest BCUT2D eigenvalue weighted by atomic mass is 127. The monoisotopic (exact) mass is 356 g/mol. The number of benzene rings is 1. The molecule has 0 fully saturated rings. The molecule has 0 bridgehead atoms. The number of aromatic carboxylic acids is 1. The lowest BCUT2D eigenvalue weighted by Crippen LogP contribution is -2.08. The Morgan fingerprint density at radius 2 is 2.17 bits per heavy atom. The summed E-state index contributed by atoms with van der Waals surface area (Å²) in [5.74, 6) is -0.356. The number of carbonyl (C=O) groups is 1. The number of carboxylic acid groups (broad SMARTS) is 1.